The lowest BCUT2D eigenvalue weighted by molar-refractivity contribution is -0.144. The molecule has 0 atom stereocenters. The average molecular weight is 312 g/mol. The van der Waals surface area contributed by atoms with E-state index in [2.05, 4.69) is 20.4 Å². The minimum atomic E-state index is -1.15. The van der Waals surface area contributed by atoms with E-state index in [4.69, 9.17) is 9.84 Å². The third kappa shape index (κ3) is 13.7. The molecule has 22 heavy (non-hydrogen) atoms. The Hall–Kier alpha value is -1.32. The van der Waals surface area contributed by atoms with Crippen LogP contribution in [-0.2, 0) is 14.3 Å². The number of hydrogen-bond acceptors (Lipinski definition) is 3. The topological polar surface area (TPSA) is 63.6 Å². The van der Waals surface area contributed by atoms with Gasteiger partial charge in [-0.1, -0.05) is 71.8 Å². The van der Waals surface area contributed by atoms with Crippen molar-refractivity contribution in [3.05, 3.63) is 12.2 Å². The summed E-state index contributed by atoms with van der Waals surface area (Å²) in [5.74, 6) is -0.835. The van der Waals surface area contributed by atoms with E-state index in [-0.39, 0.29) is 12.0 Å². The van der Waals surface area contributed by atoms with Crippen molar-refractivity contribution in [3.63, 3.8) is 0 Å². The highest BCUT2D eigenvalue weighted by atomic mass is 16.5. The third-order valence-electron chi connectivity index (χ3n) is 3.60. The highest BCUT2D eigenvalue weighted by Gasteiger charge is 2.10. The second-order valence-corrected chi connectivity index (χ2v) is 6.32. The lowest BCUT2D eigenvalue weighted by Crippen LogP contribution is -2.10. The monoisotopic (exact) mass is 312 g/mol. The molecule has 0 heterocycles. The first-order valence-electron chi connectivity index (χ1n) is 8.50. The Bertz CT molecular complexity index is 334. The summed E-state index contributed by atoms with van der Waals surface area (Å²) in [5, 5.41) is 8.60. The molecule has 0 rings (SSSR count). The summed E-state index contributed by atoms with van der Waals surface area (Å²) in [4.78, 5) is 21.8. The summed E-state index contributed by atoms with van der Waals surface area (Å²) in [6.07, 6.45) is 10.7. The molecule has 128 valence electrons. The molecule has 0 aliphatic heterocycles. The van der Waals surface area contributed by atoms with E-state index in [1.165, 1.54) is 44.9 Å². The molecule has 1 N–H and O–H groups in total. The highest BCUT2D eigenvalue weighted by molar-refractivity contribution is 5.91. The molecule has 0 unspecified atom stereocenters. The first-order valence-corrected chi connectivity index (χ1v) is 8.50. The quantitative estimate of drug-likeness (QED) is 0.286. The predicted molar refractivity (Wildman–Crippen MR) is 88.7 cm³/mol. The number of esters is 1. The molecule has 4 heteroatoms. The standard InChI is InChI=1S/C18H32O4/c1-15(2)12-10-8-6-4-5-7-9-11-13-22-17(19)14-16(3)18(20)21/h15H,3-14H2,1-2H3,(H,20,21). The summed E-state index contributed by atoms with van der Waals surface area (Å²) in [6, 6.07) is 0. The van der Waals surface area contributed by atoms with Gasteiger partial charge in [0.05, 0.1) is 13.0 Å². The van der Waals surface area contributed by atoms with Crippen LogP contribution in [0.25, 0.3) is 0 Å². The Morgan fingerprint density at radius 1 is 0.955 bits per heavy atom. The van der Waals surface area contributed by atoms with Gasteiger partial charge in [-0.15, -0.1) is 0 Å². The average Bonchev–Trinajstić information content (AvgIpc) is 2.44. The Morgan fingerprint density at radius 2 is 1.45 bits per heavy atom. The van der Waals surface area contributed by atoms with Gasteiger partial charge in [0.2, 0.25) is 0 Å². The van der Waals surface area contributed by atoms with Crippen LogP contribution in [0.1, 0.15) is 78.1 Å². The van der Waals surface area contributed by atoms with Crippen LogP contribution in [-0.4, -0.2) is 23.7 Å². The molecule has 0 radical (unpaired) electrons. The Labute approximate surface area is 134 Å². The fourth-order valence-electron chi connectivity index (χ4n) is 2.20. The molecule has 0 bridgehead atoms. The van der Waals surface area contributed by atoms with Crippen LogP contribution in [0.2, 0.25) is 0 Å². The van der Waals surface area contributed by atoms with Crippen molar-refractivity contribution in [2.24, 2.45) is 5.92 Å². The van der Waals surface area contributed by atoms with Crippen LogP contribution in [0.3, 0.4) is 0 Å². The Kier molecular flexibility index (Phi) is 12.5. The zero-order valence-electron chi connectivity index (χ0n) is 14.2. The van der Waals surface area contributed by atoms with Gasteiger partial charge in [0, 0.05) is 5.57 Å². The van der Waals surface area contributed by atoms with Crippen LogP contribution < -0.4 is 0 Å². The second kappa shape index (κ2) is 13.4. The molecule has 0 aliphatic rings. The predicted octanol–water partition coefficient (Wildman–Crippen LogP) is 4.73. The normalized spacial score (nSPS) is 10.7. The number of carbonyl (C=O) groups is 2. The number of rotatable bonds is 14. The van der Waals surface area contributed by atoms with Crippen LogP contribution >= 0.6 is 0 Å². The number of unbranched alkanes of at least 4 members (excludes halogenated alkanes) is 7. The van der Waals surface area contributed by atoms with Gasteiger partial charge in [-0.25, -0.2) is 4.79 Å². The summed E-state index contributed by atoms with van der Waals surface area (Å²) in [6.45, 7) is 8.21. The molecule has 0 aromatic rings. The number of hydrogen-bond donors (Lipinski definition) is 1. The highest BCUT2D eigenvalue weighted by Crippen LogP contribution is 2.12. The molecule has 0 fully saturated rings. The van der Waals surface area contributed by atoms with Gasteiger partial charge in [0.25, 0.3) is 0 Å². The number of carboxylic acid groups (broad SMARTS) is 1. The number of carbonyl (C=O) groups excluding carboxylic acids is 1. The second-order valence-electron chi connectivity index (χ2n) is 6.32. The smallest absolute Gasteiger partial charge is 0.331 e. The lowest BCUT2D eigenvalue weighted by atomic mass is 10.0. The molecular formula is C18H32O4. The van der Waals surface area contributed by atoms with E-state index in [0.29, 0.717) is 6.61 Å². The van der Waals surface area contributed by atoms with E-state index in [1.807, 2.05) is 0 Å². The van der Waals surface area contributed by atoms with Gasteiger partial charge >= 0.3 is 11.9 Å². The first-order chi connectivity index (χ1) is 10.4. The maximum Gasteiger partial charge on any atom is 0.331 e. The SMILES string of the molecule is C=C(CC(=O)OCCCCCCCCCCC(C)C)C(=O)O. The van der Waals surface area contributed by atoms with Crippen molar-refractivity contribution in [1.82, 2.24) is 0 Å². The van der Waals surface area contributed by atoms with Crippen molar-refractivity contribution in [1.29, 1.82) is 0 Å². The van der Waals surface area contributed by atoms with Crippen LogP contribution in [0, 0.1) is 5.92 Å². The largest absolute Gasteiger partial charge is 0.478 e. The van der Waals surface area contributed by atoms with E-state index >= 15 is 0 Å². The Morgan fingerprint density at radius 3 is 1.95 bits per heavy atom. The maximum absolute atomic E-state index is 11.3. The van der Waals surface area contributed by atoms with Crippen molar-refractivity contribution in [3.8, 4) is 0 Å². The van der Waals surface area contributed by atoms with Gasteiger partial charge in [-0.05, 0) is 12.3 Å². The molecule has 0 amide bonds. The van der Waals surface area contributed by atoms with Crippen molar-refractivity contribution in [2.45, 2.75) is 78.1 Å². The summed E-state index contributed by atoms with van der Waals surface area (Å²) < 4.78 is 4.98. The third-order valence-corrected chi connectivity index (χ3v) is 3.60. The fraction of sp³-hybridized carbons (Fsp3) is 0.778. The lowest BCUT2D eigenvalue weighted by Gasteiger charge is -2.06. The van der Waals surface area contributed by atoms with E-state index in [1.54, 1.807) is 0 Å². The molecule has 0 saturated carbocycles. The van der Waals surface area contributed by atoms with Gasteiger partial charge in [-0.2, -0.15) is 0 Å². The fourth-order valence-corrected chi connectivity index (χ4v) is 2.20. The molecular weight excluding hydrogens is 280 g/mol. The maximum atomic E-state index is 11.3. The summed E-state index contributed by atoms with van der Waals surface area (Å²) in [5.41, 5.74) is -0.123. The Balaban J connectivity index is 3.28. The zero-order chi connectivity index (χ0) is 16.8. The minimum Gasteiger partial charge on any atom is -0.478 e. The van der Waals surface area contributed by atoms with E-state index in [0.717, 1.165) is 18.8 Å². The van der Waals surface area contributed by atoms with Crippen molar-refractivity contribution >= 4 is 11.9 Å². The molecule has 0 aliphatic carbocycles. The summed E-state index contributed by atoms with van der Waals surface area (Å²) in [7, 11) is 0. The number of aliphatic carboxylic acids is 1. The zero-order valence-corrected chi connectivity index (χ0v) is 14.2. The molecule has 0 spiro atoms. The summed E-state index contributed by atoms with van der Waals surface area (Å²) >= 11 is 0. The van der Waals surface area contributed by atoms with Crippen LogP contribution in [0.4, 0.5) is 0 Å². The first kappa shape index (κ1) is 20.7. The van der Waals surface area contributed by atoms with Gasteiger partial charge < -0.3 is 9.84 Å². The molecule has 0 aromatic heterocycles. The van der Waals surface area contributed by atoms with Gasteiger partial charge in [0.15, 0.2) is 0 Å². The van der Waals surface area contributed by atoms with Crippen LogP contribution in [0.5, 0.6) is 0 Å². The van der Waals surface area contributed by atoms with Crippen LogP contribution in [0.15, 0.2) is 12.2 Å². The molecule has 4 nitrogen and oxygen atoms in total. The van der Waals surface area contributed by atoms with Crippen molar-refractivity contribution in [2.75, 3.05) is 6.61 Å². The molecule has 0 saturated heterocycles. The van der Waals surface area contributed by atoms with Gasteiger partial charge in [-0.3, -0.25) is 4.79 Å². The van der Waals surface area contributed by atoms with E-state index < -0.39 is 11.9 Å². The molecule has 0 aromatic carbocycles. The van der Waals surface area contributed by atoms with E-state index in [9.17, 15) is 9.59 Å². The van der Waals surface area contributed by atoms with Crippen molar-refractivity contribution < 1.29 is 19.4 Å². The number of carboxylic acids is 1. The van der Waals surface area contributed by atoms with Gasteiger partial charge in [0.1, 0.15) is 0 Å². The minimum absolute atomic E-state index is 0.123. The number of ether oxygens (including phenoxy) is 1.